The molecule has 0 radical (unpaired) electrons. The van der Waals surface area contributed by atoms with Gasteiger partial charge >= 0.3 is 0 Å². The van der Waals surface area contributed by atoms with E-state index < -0.39 is 21.4 Å². The summed E-state index contributed by atoms with van der Waals surface area (Å²) in [6, 6.07) is 8.06. The monoisotopic (exact) mass is 423 g/mol. The Labute approximate surface area is 168 Å². The summed E-state index contributed by atoms with van der Waals surface area (Å²) in [4.78, 5) is 3.91. The molecule has 0 bridgehead atoms. The second-order valence-electron chi connectivity index (χ2n) is 7.17. The molecule has 0 saturated heterocycles. The van der Waals surface area contributed by atoms with Gasteiger partial charge in [0.1, 0.15) is 6.07 Å². The van der Waals surface area contributed by atoms with Gasteiger partial charge < -0.3 is 5.11 Å². The van der Waals surface area contributed by atoms with Crippen molar-refractivity contribution in [3.63, 3.8) is 0 Å². The maximum absolute atomic E-state index is 13.5. The van der Waals surface area contributed by atoms with Gasteiger partial charge in [0.05, 0.1) is 21.2 Å². The minimum atomic E-state index is -3.79. The zero-order valence-electron chi connectivity index (χ0n) is 15.1. The molecule has 1 aliphatic rings. The lowest BCUT2D eigenvalue weighted by atomic mass is 9.84. The Hall–Kier alpha value is -2.05. The van der Waals surface area contributed by atoms with E-state index in [0.29, 0.717) is 31.2 Å². The summed E-state index contributed by atoms with van der Waals surface area (Å²) < 4.78 is 41.4. The number of benzene rings is 1. The van der Waals surface area contributed by atoms with Gasteiger partial charge in [-0.25, -0.2) is 22.5 Å². The van der Waals surface area contributed by atoms with Crippen LogP contribution in [0.4, 0.5) is 4.39 Å². The van der Waals surface area contributed by atoms with Gasteiger partial charge in [0, 0.05) is 11.6 Å². The largest absolute Gasteiger partial charge is 0.390 e. The molecular formula is C19H19ClFN3O3S. The van der Waals surface area contributed by atoms with Crippen LogP contribution in [0.2, 0.25) is 5.02 Å². The molecule has 1 aromatic carbocycles. The van der Waals surface area contributed by atoms with Crippen molar-refractivity contribution in [1.29, 1.82) is 5.26 Å². The molecule has 3 rings (SSSR count). The fourth-order valence-electron chi connectivity index (χ4n) is 3.19. The maximum atomic E-state index is 13.5. The number of hydrogen-bond donors (Lipinski definition) is 2. The van der Waals surface area contributed by atoms with E-state index in [9.17, 15) is 17.9 Å². The Morgan fingerprint density at radius 1 is 1.32 bits per heavy atom. The van der Waals surface area contributed by atoms with Crippen molar-refractivity contribution < 1.29 is 17.9 Å². The highest BCUT2D eigenvalue weighted by atomic mass is 35.5. The molecule has 2 aromatic rings. The number of nitriles is 1. The molecular weight excluding hydrogens is 405 g/mol. The van der Waals surface area contributed by atoms with E-state index in [4.69, 9.17) is 16.9 Å². The first-order valence-corrected chi connectivity index (χ1v) is 10.6. The first-order chi connectivity index (χ1) is 13.1. The Bertz CT molecular complexity index is 1040. The third kappa shape index (κ3) is 4.50. The smallest absolute Gasteiger partial charge is 0.240 e. The standard InChI is InChI=1S/C19H19ClFN3O3S/c1-19(25)8-6-12(7-9-19)24-28(26,27)13-2-3-14(15(20)10-13)17-5-4-16(21)18(11-22)23-17/h2-5,10,12,24-25H,6-9H2,1H3/t12-,19-. The van der Waals surface area contributed by atoms with Gasteiger partial charge in [-0.15, -0.1) is 0 Å². The third-order valence-electron chi connectivity index (χ3n) is 4.86. The Morgan fingerprint density at radius 3 is 2.61 bits per heavy atom. The average molecular weight is 424 g/mol. The van der Waals surface area contributed by atoms with Crippen LogP contribution in [0.15, 0.2) is 35.2 Å². The first-order valence-electron chi connectivity index (χ1n) is 8.72. The summed E-state index contributed by atoms with van der Waals surface area (Å²) in [6.07, 6.45) is 2.15. The Morgan fingerprint density at radius 2 is 2.00 bits per heavy atom. The second-order valence-corrected chi connectivity index (χ2v) is 9.29. The summed E-state index contributed by atoms with van der Waals surface area (Å²) in [6.45, 7) is 1.75. The minimum absolute atomic E-state index is 0.00111. The number of aliphatic hydroxyl groups is 1. The van der Waals surface area contributed by atoms with Gasteiger partial charge in [0.15, 0.2) is 11.5 Å². The summed E-state index contributed by atoms with van der Waals surface area (Å²) >= 11 is 6.24. The Kier molecular flexibility index (Phi) is 5.73. The molecule has 1 heterocycles. The van der Waals surface area contributed by atoms with Crippen LogP contribution in [-0.4, -0.2) is 30.2 Å². The van der Waals surface area contributed by atoms with Crippen LogP contribution in [0, 0.1) is 17.1 Å². The summed E-state index contributed by atoms with van der Waals surface area (Å²) in [7, 11) is -3.79. The van der Waals surface area contributed by atoms with E-state index in [1.54, 1.807) is 13.0 Å². The molecule has 0 amide bonds. The fourth-order valence-corrected chi connectivity index (χ4v) is 4.86. The Balaban J connectivity index is 1.83. The highest BCUT2D eigenvalue weighted by Crippen LogP contribution is 2.31. The molecule has 6 nitrogen and oxygen atoms in total. The van der Waals surface area contributed by atoms with Crippen LogP contribution in [0.5, 0.6) is 0 Å². The maximum Gasteiger partial charge on any atom is 0.240 e. The lowest BCUT2D eigenvalue weighted by Crippen LogP contribution is -2.42. The third-order valence-corrected chi connectivity index (χ3v) is 6.69. The normalized spacial score (nSPS) is 22.6. The van der Waals surface area contributed by atoms with Gasteiger partial charge in [-0.05, 0) is 62.9 Å². The predicted octanol–water partition coefficient (Wildman–Crippen LogP) is 3.38. The number of sulfonamides is 1. The van der Waals surface area contributed by atoms with E-state index >= 15 is 0 Å². The topological polar surface area (TPSA) is 103 Å². The van der Waals surface area contributed by atoms with Crippen LogP contribution in [0.1, 0.15) is 38.3 Å². The van der Waals surface area contributed by atoms with Crippen molar-refractivity contribution >= 4 is 21.6 Å². The summed E-state index contributed by atoms with van der Waals surface area (Å²) in [5, 5.41) is 19.0. The fraction of sp³-hybridized carbons (Fsp3) is 0.368. The summed E-state index contributed by atoms with van der Waals surface area (Å²) in [5.41, 5.74) is -0.447. The molecule has 0 aliphatic heterocycles. The van der Waals surface area contributed by atoms with Crippen LogP contribution >= 0.6 is 11.6 Å². The van der Waals surface area contributed by atoms with Crippen molar-refractivity contribution in [2.24, 2.45) is 0 Å². The van der Waals surface area contributed by atoms with Crippen molar-refractivity contribution in [3.8, 4) is 17.3 Å². The average Bonchev–Trinajstić information content (AvgIpc) is 2.64. The quantitative estimate of drug-likeness (QED) is 0.784. The molecule has 1 saturated carbocycles. The van der Waals surface area contributed by atoms with E-state index in [1.807, 2.05) is 0 Å². The molecule has 148 valence electrons. The van der Waals surface area contributed by atoms with Gasteiger partial charge in [0.2, 0.25) is 10.0 Å². The number of aromatic nitrogens is 1. The highest BCUT2D eigenvalue weighted by Gasteiger charge is 2.31. The zero-order chi connectivity index (χ0) is 20.5. The van der Waals surface area contributed by atoms with E-state index in [1.165, 1.54) is 24.3 Å². The second kappa shape index (κ2) is 7.76. The SMILES string of the molecule is C[C@]1(O)CC[C@H](NS(=O)(=O)c2ccc(-c3ccc(F)c(C#N)n3)c(Cl)c2)CC1. The zero-order valence-corrected chi connectivity index (χ0v) is 16.7. The number of halogens is 2. The molecule has 0 spiro atoms. The minimum Gasteiger partial charge on any atom is -0.390 e. The van der Waals surface area contributed by atoms with Crippen LogP contribution in [0.25, 0.3) is 11.3 Å². The number of hydrogen-bond acceptors (Lipinski definition) is 5. The lowest BCUT2D eigenvalue weighted by molar-refractivity contribution is 0.0163. The molecule has 28 heavy (non-hydrogen) atoms. The van der Waals surface area contributed by atoms with Crippen molar-refractivity contribution in [1.82, 2.24) is 9.71 Å². The lowest BCUT2D eigenvalue weighted by Gasteiger charge is -2.33. The van der Waals surface area contributed by atoms with E-state index in [-0.39, 0.29) is 27.3 Å². The molecule has 0 unspecified atom stereocenters. The molecule has 0 atom stereocenters. The highest BCUT2D eigenvalue weighted by molar-refractivity contribution is 7.89. The van der Waals surface area contributed by atoms with Gasteiger partial charge in [0.25, 0.3) is 0 Å². The van der Waals surface area contributed by atoms with Gasteiger partial charge in [-0.3, -0.25) is 0 Å². The van der Waals surface area contributed by atoms with Gasteiger partial charge in [-0.2, -0.15) is 5.26 Å². The first kappa shape index (κ1) is 20.7. The summed E-state index contributed by atoms with van der Waals surface area (Å²) in [5.74, 6) is -0.739. The number of nitrogens with zero attached hydrogens (tertiary/aromatic N) is 2. The van der Waals surface area contributed by atoms with E-state index in [2.05, 4.69) is 9.71 Å². The van der Waals surface area contributed by atoms with Crippen LogP contribution < -0.4 is 4.72 Å². The van der Waals surface area contributed by atoms with Crippen molar-refractivity contribution in [2.45, 2.75) is 49.1 Å². The molecule has 1 fully saturated rings. The van der Waals surface area contributed by atoms with Crippen molar-refractivity contribution in [2.75, 3.05) is 0 Å². The van der Waals surface area contributed by atoms with Crippen molar-refractivity contribution in [3.05, 3.63) is 46.9 Å². The number of rotatable bonds is 4. The predicted molar refractivity (Wildman–Crippen MR) is 103 cm³/mol. The molecule has 9 heteroatoms. The van der Waals surface area contributed by atoms with Crippen LogP contribution in [-0.2, 0) is 10.0 Å². The molecule has 2 N–H and O–H groups in total. The van der Waals surface area contributed by atoms with Gasteiger partial charge in [-0.1, -0.05) is 11.6 Å². The van der Waals surface area contributed by atoms with E-state index in [0.717, 1.165) is 6.07 Å². The molecule has 1 aromatic heterocycles. The molecule has 1 aliphatic carbocycles. The van der Waals surface area contributed by atoms with Crippen LogP contribution in [0.3, 0.4) is 0 Å². The number of nitrogens with one attached hydrogen (secondary N) is 1. The number of pyridine rings is 1.